The van der Waals surface area contributed by atoms with Crippen LogP contribution in [0.3, 0.4) is 0 Å². The van der Waals surface area contributed by atoms with Crippen LogP contribution < -0.4 is 5.32 Å². The summed E-state index contributed by atoms with van der Waals surface area (Å²) in [7, 11) is -3.18. The molecule has 2 rings (SSSR count). The molecule has 5 nitrogen and oxygen atoms in total. The van der Waals surface area contributed by atoms with Crippen LogP contribution in [0, 0.1) is 0 Å². The quantitative estimate of drug-likeness (QED) is 0.914. The van der Waals surface area contributed by atoms with E-state index in [2.05, 4.69) is 10.3 Å². The second-order valence-electron chi connectivity index (χ2n) is 4.10. The number of carbonyl (C=O) groups is 1. The highest BCUT2D eigenvalue weighted by Crippen LogP contribution is 2.12. The summed E-state index contributed by atoms with van der Waals surface area (Å²) in [5.41, 5.74) is 2.44. The second-order valence-corrected chi connectivity index (χ2v) is 7.26. The first kappa shape index (κ1) is 14.7. The molecule has 0 aliphatic carbocycles. The molecule has 0 aliphatic heterocycles. The van der Waals surface area contributed by atoms with Crippen molar-refractivity contribution in [2.24, 2.45) is 0 Å². The van der Waals surface area contributed by atoms with Crippen molar-refractivity contribution in [1.82, 2.24) is 10.3 Å². The molecule has 0 atom stereocenters. The number of rotatable bonds is 5. The van der Waals surface area contributed by atoms with E-state index in [1.165, 1.54) is 17.5 Å². The lowest BCUT2D eigenvalue weighted by molar-refractivity contribution is 0.0954. The Hall–Kier alpha value is -1.73. The van der Waals surface area contributed by atoms with Gasteiger partial charge in [0.25, 0.3) is 5.91 Å². The zero-order valence-corrected chi connectivity index (χ0v) is 12.5. The van der Waals surface area contributed by atoms with Gasteiger partial charge in [0, 0.05) is 6.54 Å². The summed E-state index contributed by atoms with van der Waals surface area (Å²) in [6.07, 6.45) is 1.51. The molecule has 0 radical (unpaired) electrons. The van der Waals surface area contributed by atoms with E-state index >= 15 is 0 Å². The number of carbonyl (C=O) groups excluding carboxylic acids is 1. The van der Waals surface area contributed by atoms with Crippen molar-refractivity contribution in [3.05, 3.63) is 46.4 Å². The molecule has 106 valence electrons. The Labute approximate surface area is 121 Å². The van der Waals surface area contributed by atoms with Gasteiger partial charge in [0.05, 0.1) is 22.4 Å². The Kier molecular flexibility index (Phi) is 4.51. The summed E-state index contributed by atoms with van der Waals surface area (Å²) >= 11 is 1.27. The number of sulfone groups is 1. The van der Waals surface area contributed by atoms with E-state index in [0.29, 0.717) is 16.3 Å². The molecule has 0 bridgehead atoms. The number of hydrogen-bond acceptors (Lipinski definition) is 5. The fraction of sp³-hybridized carbons (Fsp3) is 0.231. The molecule has 2 aromatic rings. The number of aromatic nitrogens is 1. The molecular formula is C13H14N2O3S2. The van der Waals surface area contributed by atoms with Crippen LogP contribution in [0.2, 0.25) is 0 Å². The van der Waals surface area contributed by atoms with E-state index in [-0.39, 0.29) is 11.7 Å². The fourth-order valence-corrected chi connectivity index (χ4v) is 3.00. The van der Waals surface area contributed by atoms with Gasteiger partial charge in [-0.3, -0.25) is 9.78 Å². The molecule has 1 amide bonds. The van der Waals surface area contributed by atoms with Gasteiger partial charge in [0.1, 0.15) is 4.88 Å². The van der Waals surface area contributed by atoms with Gasteiger partial charge in [-0.15, -0.1) is 11.3 Å². The number of thiazole rings is 1. The van der Waals surface area contributed by atoms with E-state index < -0.39 is 9.84 Å². The maximum absolute atomic E-state index is 11.7. The minimum absolute atomic E-state index is 0.0778. The summed E-state index contributed by atoms with van der Waals surface area (Å²) in [6, 6.07) is 6.53. The Bertz CT molecular complexity index is 677. The highest BCUT2D eigenvalue weighted by Gasteiger charge is 2.11. The number of benzene rings is 1. The fourth-order valence-electron chi connectivity index (χ4n) is 1.58. The molecule has 0 spiro atoms. The largest absolute Gasteiger partial charge is 0.347 e. The average Bonchev–Trinajstić information content (AvgIpc) is 2.99. The lowest BCUT2D eigenvalue weighted by Gasteiger charge is -2.05. The van der Waals surface area contributed by atoms with Crippen molar-refractivity contribution in [3.8, 4) is 0 Å². The van der Waals surface area contributed by atoms with Crippen molar-refractivity contribution in [3.63, 3.8) is 0 Å². The first-order valence-electron chi connectivity index (χ1n) is 6.01. The van der Waals surface area contributed by atoms with Crippen LogP contribution in [-0.4, -0.2) is 25.1 Å². The van der Waals surface area contributed by atoms with Crippen molar-refractivity contribution >= 4 is 27.1 Å². The van der Waals surface area contributed by atoms with E-state index in [0.717, 1.165) is 5.56 Å². The molecular weight excluding hydrogens is 296 g/mol. The zero-order chi connectivity index (χ0) is 14.6. The van der Waals surface area contributed by atoms with Crippen LogP contribution in [-0.2, 0) is 16.4 Å². The monoisotopic (exact) mass is 310 g/mol. The molecule has 0 saturated carbocycles. The molecule has 7 heteroatoms. The minimum Gasteiger partial charge on any atom is -0.347 e. The summed E-state index contributed by atoms with van der Waals surface area (Å²) in [4.78, 5) is 16.4. The first-order valence-corrected chi connectivity index (χ1v) is 8.54. The number of nitrogens with zero attached hydrogens (tertiary/aromatic N) is 1. The molecule has 1 N–H and O–H groups in total. The molecule has 20 heavy (non-hydrogen) atoms. The predicted molar refractivity (Wildman–Crippen MR) is 77.5 cm³/mol. The summed E-state index contributed by atoms with van der Waals surface area (Å²) < 4.78 is 23.3. The van der Waals surface area contributed by atoms with Crippen molar-refractivity contribution in [2.75, 3.05) is 5.75 Å². The molecule has 1 aromatic carbocycles. The van der Waals surface area contributed by atoms with Crippen LogP contribution in [0.1, 0.15) is 22.2 Å². The maximum Gasteiger partial charge on any atom is 0.263 e. The number of amides is 1. The lowest BCUT2D eigenvalue weighted by Crippen LogP contribution is -2.21. The summed E-state index contributed by atoms with van der Waals surface area (Å²) in [6.45, 7) is 1.96. The third kappa shape index (κ3) is 3.43. The Balaban J connectivity index is 2.00. The topological polar surface area (TPSA) is 76.1 Å². The van der Waals surface area contributed by atoms with Crippen LogP contribution >= 0.6 is 11.3 Å². The van der Waals surface area contributed by atoms with E-state index in [1.54, 1.807) is 36.7 Å². The van der Waals surface area contributed by atoms with E-state index in [4.69, 9.17) is 0 Å². The first-order chi connectivity index (χ1) is 9.53. The highest BCUT2D eigenvalue weighted by molar-refractivity contribution is 7.91. The average molecular weight is 310 g/mol. The second kappa shape index (κ2) is 6.15. The van der Waals surface area contributed by atoms with Crippen LogP contribution in [0.5, 0.6) is 0 Å². The van der Waals surface area contributed by atoms with Gasteiger partial charge in [0.15, 0.2) is 9.84 Å². The van der Waals surface area contributed by atoms with Crippen molar-refractivity contribution in [1.29, 1.82) is 0 Å². The third-order valence-corrected chi connectivity index (χ3v) is 5.29. The van der Waals surface area contributed by atoms with Crippen LogP contribution in [0.25, 0.3) is 0 Å². The normalized spacial score (nSPS) is 11.2. The van der Waals surface area contributed by atoms with Crippen molar-refractivity contribution < 1.29 is 13.2 Å². The SMILES string of the molecule is CCS(=O)(=O)c1ccc(CNC(=O)c2cncs2)cc1. The van der Waals surface area contributed by atoms with Gasteiger partial charge in [-0.1, -0.05) is 19.1 Å². The number of hydrogen-bond donors (Lipinski definition) is 1. The zero-order valence-electron chi connectivity index (χ0n) is 10.9. The van der Waals surface area contributed by atoms with Gasteiger partial charge in [-0.25, -0.2) is 8.42 Å². The van der Waals surface area contributed by atoms with Gasteiger partial charge in [0.2, 0.25) is 0 Å². The van der Waals surface area contributed by atoms with Gasteiger partial charge < -0.3 is 5.32 Å². The maximum atomic E-state index is 11.7. The van der Waals surface area contributed by atoms with Gasteiger partial charge >= 0.3 is 0 Å². The Morgan fingerprint density at radius 3 is 2.55 bits per heavy atom. The summed E-state index contributed by atoms with van der Waals surface area (Å²) in [5, 5.41) is 2.76. The molecule has 0 saturated heterocycles. The van der Waals surface area contributed by atoms with Crippen molar-refractivity contribution in [2.45, 2.75) is 18.4 Å². The molecule has 0 fully saturated rings. The number of nitrogens with one attached hydrogen (secondary N) is 1. The van der Waals surface area contributed by atoms with Gasteiger partial charge in [-0.2, -0.15) is 0 Å². The van der Waals surface area contributed by atoms with Gasteiger partial charge in [-0.05, 0) is 17.7 Å². The van der Waals surface area contributed by atoms with E-state index in [1.807, 2.05) is 0 Å². The highest BCUT2D eigenvalue weighted by atomic mass is 32.2. The smallest absolute Gasteiger partial charge is 0.263 e. The third-order valence-electron chi connectivity index (χ3n) is 2.77. The van der Waals surface area contributed by atoms with Crippen LogP contribution in [0.15, 0.2) is 40.9 Å². The molecule has 0 aliphatic rings. The minimum atomic E-state index is -3.18. The summed E-state index contributed by atoms with van der Waals surface area (Å²) in [5.74, 6) is -0.105. The molecule has 0 unspecified atom stereocenters. The lowest BCUT2D eigenvalue weighted by atomic mass is 10.2. The Morgan fingerprint density at radius 2 is 2.00 bits per heavy atom. The Morgan fingerprint density at radius 1 is 1.30 bits per heavy atom. The standard InChI is InChI=1S/C13H14N2O3S2/c1-2-20(17,18)11-5-3-10(4-6-11)7-15-13(16)12-8-14-9-19-12/h3-6,8-9H,2,7H2,1H3,(H,15,16). The van der Waals surface area contributed by atoms with Crippen LogP contribution in [0.4, 0.5) is 0 Å². The predicted octanol–water partition coefficient (Wildman–Crippen LogP) is 1.87. The van der Waals surface area contributed by atoms with E-state index in [9.17, 15) is 13.2 Å². The molecule has 1 aromatic heterocycles. The molecule has 1 heterocycles.